The number of hydrogen-bond donors (Lipinski definition) is 1. The van der Waals surface area contributed by atoms with E-state index in [1.165, 1.54) is 0 Å². The quantitative estimate of drug-likeness (QED) is 0.835. The number of rotatable bonds is 5. The molecule has 5 nitrogen and oxygen atoms in total. The molecule has 0 fully saturated rings. The Kier molecular flexibility index (Phi) is 5.36. The predicted molar refractivity (Wildman–Crippen MR) is 94.8 cm³/mol. The fourth-order valence-electron chi connectivity index (χ4n) is 2.36. The van der Waals surface area contributed by atoms with Gasteiger partial charge in [0, 0.05) is 28.5 Å². The van der Waals surface area contributed by atoms with Gasteiger partial charge in [0.1, 0.15) is 5.69 Å². The summed E-state index contributed by atoms with van der Waals surface area (Å²) >= 11 is 3.42. The molecule has 0 unspecified atom stereocenters. The molecule has 1 aromatic heterocycles. The van der Waals surface area contributed by atoms with Crippen LogP contribution < -0.4 is 14.8 Å². The Morgan fingerprint density at radius 3 is 2.35 bits per heavy atom. The van der Waals surface area contributed by atoms with Crippen LogP contribution in [0.4, 0.5) is 5.69 Å². The highest BCUT2D eigenvalue weighted by Gasteiger charge is 2.17. The molecule has 0 saturated heterocycles. The second-order valence-electron chi connectivity index (χ2n) is 5.52. The maximum absolute atomic E-state index is 12.6. The lowest BCUT2D eigenvalue weighted by molar-refractivity contribution is 0.101. The van der Waals surface area contributed by atoms with E-state index in [4.69, 9.17) is 9.47 Å². The van der Waals surface area contributed by atoms with E-state index in [1.807, 2.05) is 43.7 Å². The number of benzene rings is 1. The number of carbonyl (C=O) groups excluding carboxylic acids is 1. The maximum Gasteiger partial charge on any atom is 0.272 e. The van der Waals surface area contributed by atoms with E-state index in [-0.39, 0.29) is 11.9 Å². The monoisotopic (exact) mass is 380 g/mol. The third kappa shape index (κ3) is 3.69. The van der Waals surface area contributed by atoms with Crippen LogP contribution in [0.1, 0.15) is 35.9 Å². The van der Waals surface area contributed by atoms with Crippen LogP contribution in [-0.2, 0) is 0 Å². The fraction of sp³-hybridized carbons (Fsp3) is 0.353. The Morgan fingerprint density at radius 1 is 1.17 bits per heavy atom. The number of aryl methyl sites for hydroxylation is 1. The molecule has 2 rings (SSSR count). The molecule has 0 saturated carbocycles. The number of hydrogen-bond acceptors (Lipinski definition) is 3. The molecule has 1 heterocycles. The minimum atomic E-state index is -0.167. The molecule has 0 atom stereocenters. The molecule has 124 valence electrons. The Balaban J connectivity index is 2.34. The molecule has 0 bridgehead atoms. The molecule has 0 aliphatic carbocycles. The van der Waals surface area contributed by atoms with E-state index in [1.54, 1.807) is 20.3 Å². The largest absolute Gasteiger partial charge is 0.493 e. The first-order chi connectivity index (χ1) is 10.9. The van der Waals surface area contributed by atoms with E-state index in [0.29, 0.717) is 22.9 Å². The van der Waals surface area contributed by atoms with Crippen LogP contribution in [0.2, 0.25) is 0 Å². The van der Waals surface area contributed by atoms with E-state index in [9.17, 15) is 4.79 Å². The molecule has 0 spiro atoms. The van der Waals surface area contributed by atoms with Crippen LogP contribution in [0, 0.1) is 6.92 Å². The van der Waals surface area contributed by atoms with Gasteiger partial charge in [-0.3, -0.25) is 4.79 Å². The first-order valence-corrected chi connectivity index (χ1v) is 8.08. The van der Waals surface area contributed by atoms with Gasteiger partial charge >= 0.3 is 0 Å². The van der Waals surface area contributed by atoms with Gasteiger partial charge in [0.05, 0.1) is 14.2 Å². The first kappa shape index (κ1) is 17.4. The molecule has 1 amide bonds. The average Bonchev–Trinajstić information content (AvgIpc) is 2.91. The summed E-state index contributed by atoms with van der Waals surface area (Å²) in [4.78, 5) is 12.6. The lowest BCUT2D eigenvalue weighted by atomic mass is 10.1. The van der Waals surface area contributed by atoms with Crippen molar-refractivity contribution in [2.24, 2.45) is 0 Å². The van der Waals surface area contributed by atoms with Crippen molar-refractivity contribution in [2.45, 2.75) is 26.8 Å². The number of aromatic nitrogens is 1. The number of nitrogens with one attached hydrogen (secondary N) is 1. The summed E-state index contributed by atoms with van der Waals surface area (Å²) in [6.45, 7) is 5.98. The zero-order valence-electron chi connectivity index (χ0n) is 13.9. The molecule has 6 heteroatoms. The standard InChI is InChI=1S/C17H21BrN2O3/c1-10(2)20-9-12(18)7-14(20)17(21)19-13-8-16(23-5)15(22-4)6-11(13)3/h6-10H,1-5H3,(H,19,21). The first-order valence-electron chi connectivity index (χ1n) is 7.28. The fourth-order valence-corrected chi connectivity index (χ4v) is 2.79. The Bertz CT molecular complexity index is 723. The van der Waals surface area contributed by atoms with Crippen molar-refractivity contribution in [1.82, 2.24) is 4.57 Å². The van der Waals surface area contributed by atoms with E-state index < -0.39 is 0 Å². The average molecular weight is 381 g/mol. The van der Waals surface area contributed by atoms with Gasteiger partial charge in [0.2, 0.25) is 0 Å². The van der Waals surface area contributed by atoms with Crippen molar-refractivity contribution >= 4 is 27.5 Å². The molecule has 0 aliphatic heterocycles. The number of anilines is 1. The van der Waals surface area contributed by atoms with Crippen LogP contribution in [0.5, 0.6) is 11.5 Å². The van der Waals surface area contributed by atoms with Crippen molar-refractivity contribution in [3.05, 3.63) is 40.1 Å². The van der Waals surface area contributed by atoms with Crippen LogP contribution in [0.15, 0.2) is 28.9 Å². The zero-order valence-corrected chi connectivity index (χ0v) is 15.5. The third-order valence-corrected chi connectivity index (χ3v) is 4.02. The van der Waals surface area contributed by atoms with Gasteiger partial charge in [-0.2, -0.15) is 0 Å². The lowest BCUT2D eigenvalue weighted by Gasteiger charge is -2.15. The summed E-state index contributed by atoms with van der Waals surface area (Å²) in [5.41, 5.74) is 2.19. The van der Waals surface area contributed by atoms with Gasteiger partial charge in [-0.15, -0.1) is 0 Å². The number of amides is 1. The van der Waals surface area contributed by atoms with Crippen LogP contribution >= 0.6 is 15.9 Å². The van der Waals surface area contributed by atoms with Gasteiger partial charge in [-0.25, -0.2) is 0 Å². The Morgan fingerprint density at radius 2 is 1.78 bits per heavy atom. The third-order valence-electron chi connectivity index (χ3n) is 3.58. The summed E-state index contributed by atoms with van der Waals surface area (Å²) in [6, 6.07) is 5.61. The molecule has 23 heavy (non-hydrogen) atoms. The van der Waals surface area contributed by atoms with Crippen molar-refractivity contribution in [1.29, 1.82) is 0 Å². The summed E-state index contributed by atoms with van der Waals surface area (Å²) in [6.07, 6.45) is 1.90. The Hall–Kier alpha value is -1.95. The summed E-state index contributed by atoms with van der Waals surface area (Å²) in [5, 5.41) is 2.94. The minimum absolute atomic E-state index is 0.167. The highest BCUT2D eigenvalue weighted by molar-refractivity contribution is 9.10. The highest BCUT2D eigenvalue weighted by Crippen LogP contribution is 2.33. The Labute approximate surface area is 144 Å². The number of ether oxygens (including phenoxy) is 2. The van der Waals surface area contributed by atoms with Gasteiger partial charge in [0.25, 0.3) is 5.91 Å². The van der Waals surface area contributed by atoms with E-state index in [0.717, 1.165) is 10.0 Å². The molecule has 1 aromatic carbocycles. The van der Waals surface area contributed by atoms with Gasteiger partial charge in [-0.1, -0.05) is 0 Å². The second kappa shape index (κ2) is 7.08. The number of carbonyl (C=O) groups is 1. The van der Waals surface area contributed by atoms with Crippen molar-refractivity contribution in [3.8, 4) is 11.5 Å². The molecule has 0 aliphatic rings. The van der Waals surface area contributed by atoms with Crippen molar-refractivity contribution in [2.75, 3.05) is 19.5 Å². The van der Waals surface area contributed by atoms with Crippen LogP contribution in [-0.4, -0.2) is 24.7 Å². The normalized spacial score (nSPS) is 10.7. The van der Waals surface area contributed by atoms with Gasteiger partial charge < -0.3 is 19.4 Å². The number of halogens is 1. The summed E-state index contributed by atoms with van der Waals surface area (Å²) in [5.74, 6) is 1.05. The highest BCUT2D eigenvalue weighted by atomic mass is 79.9. The van der Waals surface area contributed by atoms with Crippen LogP contribution in [0.3, 0.4) is 0 Å². The molecular formula is C17H21BrN2O3. The second-order valence-corrected chi connectivity index (χ2v) is 6.44. The summed E-state index contributed by atoms with van der Waals surface area (Å²) in [7, 11) is 3.16. The zero-order chi connectivity index (χ0) is 17.1. The molecule has 0 radical (unpaired) electrons. The SMILES string of the molecule is COc1cc(C)c(NC(=O)c2cc(Br)cn2C(C)C)cc1OC. The predicted octanol–water partition coefficient (Wildman–Crippen LogP) is 4.41. The van der Waals surface area contributed by atoms with Crippen molar-refractivity contribution in [3.63, 3.8) is 0 Å². The van der Waals surface area contributed by atoms with Gasteiger partial charge in [-0.05, 0) is 54.4 Å². The topological polar surface area (TPSA) is 52.5 Å². The minimum Gasteiger partial charge on any atom is -0.493 e. The molecular weight excluding hydrogens is 360 g/mol. The number of methoxy groups -OCH3 is 2. The van der Waals surface area contributed by atoms with E-state index >= 15 is 0 Å². The smallest absolute Gasteiger partial charge is 0.272 e. The van der Waals surface area contributed by atoms with Crippen LogP contribution in [0.25, 0.3) is 0 Å². The molecule has 2 aromatic rings. The van der Waals surface area contributed by atoms with Gasteiger partial charge in [0.15, 0.2) is 11.5 Å². The molecule has 1 N–H and O–H groups in total. The lowest BCUT2D eigenvalue weighted by Crippen LogP contribution is -2.18. The maximum atomic E-state index is 12.6. The summed E-state index contributed by atoms with van der Waals surface area (Å²) < 4.78 is 13.4. The van der Waals surface area contributed by atoms with E-state index in [2.05, 4.69) is 21.2 Å². The van der Waals surface area contributed by atoms with Crippen molar-refractivity contribution < 1.29 is 14.3 Å². The number of nitrogens with zero attached hydrogens (tertiary/aromatic N) is 1.